The number of aliphatic hydroxyl groups is 1. The van der Waals surface area contributed by atoms with Gasteiger partial charge in [-0.1, -0.05) is 72.8 Å². The van der Waals surface area contributed by atoms with Crippen LogP contribution in [-0.4, -0.2) is 23.5 Å². The molecule has 0 spiro atoms. The minimum absolute atomic E-state index is 0.00698. The molecule has 0 fully saturated rings. The molecule has 6 nitrogen and oxygen atoms in total. The number of azo groups is 1. The Bertz CT molecular complexity index is 1260. The molecule has 1 N–H and O–H groups in total. The fraction of sp³-hybridized carbons (Fsp3) is 0.0769. The number of fused-ring (bicyclic) bond motifs is 1. The van der Waals surface area contributed by atoms with Gasteiger partial charge < -0.3 is 9.84 Å². The SMILES string of the molecule is CCOC(=O)/C(N=Nc1ccccc1)=C(/C1=C(O)c2ccccc2C1=O)c1ccccc1. The maximum absolute atomic E-state index is 13.3. The molecule has 0 aliphatic heterocycles. The quantitative estimate of drug-likeness (QED) is 0.303. The van der Waals surface area contributed by atoms with E-state index in [2.05, 4.69) is 10.2 Å². The summed E-state index contributed by atoms with van der Waals surface area (Å²) in [6.45, 7) is 1.80. The second kappa shape index (κ2) is 9.22. The summed E-state index contributed by atoms with van der Waals surface area (Å²) in [7, 11) is 0. The molecule has 158 valence electrons. The van der Waals surface area contributed by atoms with Crippen LogP contribution >= 0.6 is 0 Å². The predicted octanol–water partition coefficient (Wildman–Crippen LogP) is 5.91. The number of hydrogen-bond donors (Lipinski definition) is 1. The largest absolute Gasteiger partial charge is 0.507 e. The zero-order chi connectivity index (χ0) is 22.5. The van der Waals surface area contributed by atoms with Crippen molar-refractivity contribution in [1.82, 2.24) is 0 Å². The van der Waals surface area contributed by atoms with E-state index in [0.717, 1.165) is 0 Å². The summed E-state index contributed by atoms with van der Waals surface area (Å²) >= 11 is 0. The van der Waals surface area contributed by atoms with Crippen LogP contribution in [0, 0.1) is 0 Å². The first-order valence-electron chi connectivity index (χ1n) is 10.1. The highest BCUT2D eigenvalue weighted by atomic mass is 16.5. The molecule has 32 heavy (non-hydrogen) atoms. The molecule has 1 aliphatic carbocycles. The highest BCUT2D eigenvalue weighted by molar-refractivity contribution is 6.29. The van der Waals surface area contributed by atoms with E-state index in [9.17, 15) is 14.7 Å². The van der Waals surface area contributed by atoms with Crippen LogP contribution in [0.1, 0.15) is 28.4 Å². The number of carbonyl (C=O) groups excluding carboxylic acids is 2. The molecule has 0 aromatic heterocycles. The van der Waals surface area contributed by atoms with Crippen LogP contribution in [-0.2, 0) is 9.53 Å². The smallest absolute Gasteiger partial charge is 0.359 e. The molecule has 0 unspecified atom stereocenters. The van der Waals surface area contributed by atoms with E-state index in [1.807, 2.05) is 12.1 Å². The first kappa shape index (κ1) is 20.9. The summed E-state index contributed by atoms with van der Waals surface area (Å²) in [6.07, 6.45) is 0. The van der Waals surface area contributed by atoms with Crippen molar-refractivity contribution in [2.75, 3.05) is 6.61 Å². The Labute approximate surface area is 185 Å². The van der Waals surface area contributed by atoms with Gasteiger partial charge in [-0.25, -0.2) is 4.79 Å². The molecule has 0 amide bonds. The maximum Gasteiger partial charge on any atom is 0.359 e. The van der Waals surface area contributed by atoms with Gasteiger partial charge >= 0.3 is 5.97 Å². The van der Waals surface area contributed by atoms with E-state index in [-0.39, 0.29) is 29.2 Å². The van der Waals surface area contributed by atoms with Crippen LogP contribution in [0.5, 0.6) is 0 Å². The minimum Gasteiger partial charge on any atom is -0.507 e. The van der Waals surface area contributed by atoms with E-state index < -0.39 is 11.8 Å². The Morgan fingerprint density at radius 3 is 2.09 bits per heavy atom. The summed E-state index contributed by atoms with van der Waals surface area (Å²) in [5, 5.41) is 19.4. The van der Waals surface area contributed by atoms with Crippen LogP contribution in [0.25, 0.3) is 11.3 Å². The minimum atomic E-state index is -0.741. The number of nitrogens with zero attached hydrogens (tertiary/aromatic N) is 2. The van der Waals surface area contributed by atoms with Gasteiger partial charge in [0.2, 0.25) is 0 Å². The van der Waals surface area contributed by atoms with E-state index >= 15 is 0 Å². The number of allylic oxidation sites excluding steroid dienone is 2. The van der Waals surface area contributed by atoms with E-state index in [0.29, 0.717) is 22.4 Å². The average Bonchev–Trinajstić information content (AvgIpc) is 3.08. The Balaban J connectivity index is 1.98. The Morgan fingerprint density at radius 1 is 0.875 bits per heavy atom. The molecule has 4 rings (SSSR count). The van der Waals surface area contributed by atoms with Crippen molar-refractivity contribution < 1.29 is 19.4 Å². The highest BCUT2D eigenvalue weighted by Crippen LogP contribution is 2.40. The van der Waals surface area contributed by atoms with Crippen molar-refractivity contribution in [2.45, 2.75) is 6.92 Å². The van der Waals surface area contributed by atoms with Gasteiger partial charge in [0.1, 0.15) is 5.76 Å². The Hall–Kier alpha value is -4.32. The zero-order valence-corrected chi connectivity index (χ0v) is 17.4. The third-order valence-electron chi connectivity index (χ3n) is 4.93. The van der Waals surface area contributed by atoms with Crippen LogP contribution in [0.2, 0.25) is 0 Å². The van der Waals surface area contributed by atoms with Crippen molar-refractivity contribution in [1.29, 1.82) is 0 Å². The number of ketones is 1. The third kappa shape index (κ3) is 3.98. The molecule has 0 bridgehead atoms. The number of rotatable bonds is 6. The van der Waals surface area contributed by atoms with Gasteiger partial charge in [0, 0.05) is 16.7 Å². The molecule has 3 aromatic carbocycles. The number of benzene rings is 3. The number of ether oxygens (including phenoxy) is 1. The van der Waals surface area contributed by atoms with E-state index in [1.165, 1.54) is 0 Å². The van der Waals surface area contributed by atoms with Gasteiger partial charge in [-0.3, -0.25) is 4.79 Å². The normalized spacial score (nSPS) is 13.8. The molecule has 0 saturated carbocycles. The first-order valence-corrected chi connectivity index (χ1v) is 10.1. The van der Waals surface area contributed by atoms with Crippen LogP contribution in [0.3, 0.4) is 0 Å². The molecule has 0 heterocycles. The zero-order valence-electron chi connectivity index (χ0n) is 17.4. The molecule has 0 radical (unpaired) electrons. The summed E-state index contributed by atoms with van der Waals surface area (Å²) in [5.41, 5.74) is 1.83. The number of aliphatic hydroxyl groups excluding tert-OH is 1. The summed E-state index contributed by atoms with van der Waals surface area (Å²) < 4.78 is 5.24. The fourth-order valence-corrected chi connectivity index (χ4v) is 3.50. The lowest BCUT2D eigenvalue weighted by molar-refractivity contribution is -0.138. The predicted molar refractivity (Wildman–Crippen MR) is 121 cm³/mol. The van der Waals surface area contributed by atoms with Crippen molar-refractivity contribution >= 4 is 28.8 Å². The van der Waals surface area contributed by atoms with Gasteiger partial charge in [-0.05, 0) is 24.6 Å². The lowest BCUT2D eigenvalue weighted by Crippen LogP contribution is -2.12. The molecule has 1 aliphatic rings. The molecular formula is C26H20N2O4. The van der Waals surface area contributed by atoms with E-state index in [4.69, 9.17) is 4.74 Å². The van der Waals surface area contributed by atoms with Gasteiger partial charge in [0.05, 0.1) is 17.9 Å². The van der Waals surface area contributed by atoms with Gasteiger partial charge in [-0.2, -0.15) is 5.11 Å². The molecular weight excluding hydrogens is 404 g/mol. The summed E-state index contributed by atoms with van der Waals surface area (Å²) in [6, 6.07) is 24.5. The Morgan fingerprint density at radius 2 is 1.47 bits per heavy atom. The fourth-order valence-electron chi connectivity index (χ4n) is 3.50. The summed E-state index contributed by atoms with van der Waals surface area (Å²) in [5.74, 6) is -1.34. The maximum atomic E-state index is 13.3. The van der Waals surface area contributed by atoms with Crippen LogP contribution < -0.4 is 0 Å². The van der Waals surface area contributed by atoms with Crippen molar-refractivity contribution in [2.24, 2.45) is 10.2 Å². The average molecular weight is 424 g/mol. The molecule has 6 heteroatoms. The monoisotopic (exact) mass is 424 g/mol. The molecule has 0 atom stereocenters. The second-order valence-electron chi connectivity index (χ2n) is 6.94. The topological polar surface area (TPSA) is 88.3 Å². The van der Waals surface area contributed by atoms with Gasteiger partial charge in [-0.15, -0.1) is 5.11 Å². The first-order chi connectivity index (χ1) is 15.6. The van der Waals surface area contributed by atoms with Gasteiger partial charge in [0.25, 0.3) is 0 Å². The van der Waals surface area contributed by atoms with Crippen LogP contribution in [0.15, 0.2) is 106 Å². The Kier molecular flexibility index (Phi) is 6.03. The standard InChI is InChI=1S/C26H20N2O4/c1-2-32-26(31)23(28-27-18-13-7-4-8-14-18)21(17-11-5-3-6-12-17)22-24(29)19-15-9-10-16-20(19)25(22)30/h3-16,29H,2H2,1H3/b23-21-,28-27?. The van der Waals surface area contributed by atoms with Crippen molar-refractivity contribution in [3.05, 3.63) is 113 Å². The summed E-state index contributed by atoms with van der Waals surface area (Å²) in [4.78, 5) is 26.3. The number of carbonyl (C=O) groups is 2. The lowest BCUT2D eigenvalue weighted by atomic mass is 9.93. The number of hydrogen-bond acceptors (Lipinski definition) is 6. The lowest BCUT2D eigenvalue weighted by Gasteiger charge is -2.13. The van der Waals surface area contributed by atoms with Crippen molar-refractivity contribution in [3.8, 4) is 0 Å². The number of Topliss-reactive ketones (excluding diaryl/α,β-unsaturated/α-hetero) is 1. The van der Waals surface area contributed by atoms with Gasteiger partial charge in [0.15, 0.2) is 11.5 Å². The third-order valence-corrected chi connectivity index (χ3v) is 4.93. The van der Waals surface area contributed by atoms with Crippen LogP contribution in [0.4, 0.5) is 5.69 Å². The molecule has 0 saturated heterocycles. The highest BCUT2D eigenvalue weighted by Gasteiger charge is 2.35. The molecule has 3 aromatic rings. The van der Waals surface area contributed by atoms with E-state index in [1.54, 1.807) is 79.7 Å². The number of esters is 1. The second-order valence-corrected chi connectivity index (χ2v) is 6.94. The van der Waals surface area contributed by atoms with Crippen molar-refractivity contribution in [3.63, 3.8) is 0 Å².